The van der Waals surface area contributed by atoms with E-state index in [0.29, 0.717) is 12.5 Å². The highest BCUT2D eigenvalue weighted by atomic mass is 16.5. The molecular formula is C12H19NO. The van der Waals surface area contributed by atoms with E-state index >= 15 is 0 Å². The van der Waals surface area contributed by atoms with Gasteiger partial charge in [-0.1, -0.05) is 32.0 Å². The Morgan fingerprint density at radius 3 is 2.43 bits per heavy atom. The molecule has 2 heteroatoms. The third kappa shape index (κ3) is 3.04. The molecule has 78 valence electrons. The fourth-order valence-corrected chi connectivity index (χ4v) is 1.08. The Morgan fingerprint density at radius 2 is 1.86 bits per heavy atom. The number of nitrogen functional groups attached to an aromatic ring is 1. The molecule has 2 nitrogen and oxygen atoms in total. The SMILES string of the molecule is CC(C)C(C)OCc1ccccc1N. The summed E-state index contributed by atoms with van der Waals surface area (Å²) in [6, 6.07) is 7.82. The number of para-hydroxylation sites is 1. The summed E-state index contributed by atoms with van der Waals surface area (Å²) in [5.41, 5.74) is 7.68. The molecule has 14 heavy (non-hydrogen) atoms. The molecular weight excluding hydrogens is 174 g/mol. The van der Waals surface area contributed by atoms with Crippen molar-refractivity contribution in [3.63, 3.8) is 0 Å². The van der Waals surface area contributed by atoms with Gasteiger partial charge in [-0.15, -0.1) is 0 Å². The van der Waals surface area contributed by atoms with E-state index in [-0.39, 0.29) is 6.10 Å². The summed E-state index contributed by atoms with van der Waals surface area (Å²) in [4.78, 5) is 0. The number of benzene rings is 1. The Labute approximate surface area is 86.1 Å². The second kappa shape index (κ2) is 5.01. The first-order valence-corrected chi connectivity index (χ1v) is 5.06. The second-order valence-corrected chi connectivity index (χ2v) is 3.96. The minimum absolute atomic E-state index is 0.273. The predicted molar refractivity (Wildman–Crippen MR) is 59.9 cm³/mol. The van der Waals surface area contributed by atoms with Gasteiger partial charge in [0.1, 0.15) is 0 Å². The van der Waals surface area contributed by atoms with Crippen LogP contribution < -0.4 is 5.73 Å². The molecule has 0 saturated carbocycles. The lowest BCUT2D eigenvalue weighted by Crippen LogP contribution is -2.15. The summed E-state index contributed by atoms with van der Waals surface area (Å²) in [6.45, 7) is 6.99. The van der Waals surface area contributed by atoms with Crippen LogP contribution in [0.15, 0.2) is 24.3 Å². The van der Waals surface area contributed by atoms with Crippen LogP contribution >= 0.6 is 0 Å². The highest BCUT2D eigenvalue weighted by molar-refractivity contribution is 5.45. The van der Waals surface area contributed by atoms with Gasteiger partial charge in [0.2, 0.25) is 0 Å². The van der Waals surface area contributed by atoms with Gasteiger partial charge >= 0.3 is 0 Å². The van der Waals surface area contributed by atoms with Gasteiger partial charge in [-0.3, -0.25) is 0 Å². The Bertz CT molecular complexity index is 283. The molecule has 0 heterocycles. The maximum Gasteiger partial charge on any atom is 0.0740 e. The van der Waals surface area contributed by atoms with Crippen molar-refractivity contribution in [1.29, 1.82) is 0 Å². The number of hydrogen-bond acceptors (Lipinski definition) is 2. The summed E-state index contributed by atoms with van der Waals surface area (Å²) >= 11 is 0. The van der Waals surface area contributed by atoms with Crippen molar-refractivity contribution < 1.29 is 4.74 Å². The van der Waals surface area contributed by atoms with Crippen molar-refractivity contribution in [2.75, 3.05) is 5.73 Å². The van der Waals surface area contributed by atoms with E-state index in [9.17, 15) is 0 Å². The van der Waals surface area contributed by atoms with Crippen molar-refractivity contribution in [3.05, 3.63) is 29.8 Å². The lowest BCUT2D eigenvalue weighted by molar-refractivity contribution is 0.0238. The topological polar surface area (TPSA) is 35.2 Å². The van der Waals surface area contributed by atoms with Gasteiger partial charge in [0.25, 0.3) is 0 Å². The van der Waals surface area contributed by atoms with E-state index in [1.807, 2.05) is 24.3 Å². The molecule has 0 bridgehead atoms. The normalized spacial score (nSPS) is 13.1. The Kier molecular flexibility index (Phi) is 3.96. The van der Waals surface area contributed by atoms with Crippen LogP contribution in [0.4, 0.5) is 5.69 Å². The summed E-state index contributed by atoms with van der Waals surface area (Å²) in [5.74, 6) is 0.542. The molecule has 0 aliphatic rings. The monoisotopic (exact) mass is 193 g/mol. The number of rotatable bonds is 4. The van der Waals surface area contributed by atoms with E-state index < -0.39 is 0 Å². The van der Waals surface area contributed by atoms with E-state index in [2.05, 4.69) is 20.8 Å². The minimum atomic E-state index is 0.273. The predicted octanol–water partition coefficient (Wildman–Crippen LogP) is 2.83. The highest BCUT2D eigenvalue weighted by Gasteiger charge is 2.07. The average molecular weight is 193 g/mol. The van der Waals surface area contributed by atoms with E-state index in [0.717, 1.165) is 11.3 Å². The molecule has 0 aliphatic heterocycles. The molecule has 1 aromatic carbocycles. The number of anilines is 1. The molecule has 2 N–H and O–H groups in total. The lowest BCUT2D eigenvalue weighted by atomic mass is 10.1. The maximum absolute atomic E-state index is 5.80. The molecule has 0 saturated heterocycles. The number of nitrogens with two attached hydrogens (primary N) is 1. The number of hydrogen-bond donors (Lipinski definition) is 1. The zero-order valence-electron chi connectivity index (χ0n) is 9.16. The van der Waals surface area contributed by atoms with Crippen LogP contribution in [0.25, 0.3) is 0 Å². The summed E-state index contributed by atoms with van der Waals surface area (Å²) < 4.78 is 5.69. The molecule has 0 aromatic heterocycles. The number of ether oxygens (including phenoxy) is 1. The zero-order valence-corrected chi connectivity index (χ0v) is 9.16. The van der Waals surface area contributed by atoms with Crippen molar-refractivity contribution >= 4 is 5.69 Å². The quantitative estimate of drug-likeness (QED) is 0.746. The first-order chi connectivity index (χ1) is 6.61. The molecule has 1 unspecified atom stereocenters. The molecule has 1 rings (SSSR count). The van der Waals surface area contributed by atoms with Crippen LogP contribution in [0.1, 0.15) is 26.3 Å². The van der Waals surface area contributed by atoms with E-state index in [1.165, 1.54) is 0 Å². The van der Waals surface area contributed by atoms with Gasteiger partial charge in [0.15, 0.2) is 0 Å². The van der Waals surface area contributed by atoms with E-state index in [1.54, 1.807) is 0 Å². The van der Waals surface area contributed by atoms with Crippen LogP contribution in [0.3, 0.4) is 0 Å². The van der Waals surface area contributed by atoms with Crippen molar-refractivity contribution in [2.24, 2.45) is 5.92 Å². The lowest BCUT2D eigenvalue weighted by Gasteiger charge is -2.17. The highest BCUT2D eigenvalue weighted by Crippen LogP contribution is 2.14. The summed E-state index contributed by atoms with van der Waals surface area (Å²) in [7, 11) is 0. The van der Waals surface area contributed by atoms with Gasteiger partial charge in [-0.05, 0) is 18.9 Å². The zero-order chi connectivity index (χ0) is 10.6. The largest absolute Gasteiger partial charge is 0.398 e. The second-order valence-electron chi connectivity index (χ2n) is 3.96. The van der Waals surface area contributed by atoms with Crippen LogP contribution in [-0.2, 0) is 11.3 Å². The van der Waals surface area contributed by atoms with Gasteiger partial charge in [-0.2, -0.15) is 0 Å². The average Bonchev–Trinajstić information content (AvgIpc) is 2.16. The van der Waals surface area contributed by atoms with Gasteiger partial charge in [0.05, 0.1) is 12.7 Å². The summed E-state index contributed by atoms with van der Waals surface area (Å²) in [5, 5.41) is 0. The smallest absolute Gasteiger partial charge is 0.0740 e. The van der Waals surface area contributed by atoms with Gasteiger partial charge in [-0.25, -0.2) is 0 Å². The molecule has 0 radical (unpaired) electrons. The van der Waals surface area contributed by atoms with Crippen LogP contribution in [-0.4, -0.2) is 6.10 Å². The molecule has 0 aliphatic carbocycles. The van der Waals surface area contributed by atoms with Gasteiger partial charge < -0.3 is 10.5 Å². The Morgan fingerprint density at radius 1 is 1.21 bits per heavy atom. The maximum atomic E-state index is 5.80. The standard InChI is InChI=1S/C12H19NO/c1-9(2)10(3)14-8-11-6-4-5-7-12(11)13/h4-7,9-10H,8,13H2,1-3H3. The fourth-order valence-electron chi connectivity index (χ4n) is 1.08. The van der Waals surface area contributed by atoms with Crippen molar-refractivity contribution in [3.8, 4) is 0 Å². The molecule has 1 atom stereocenters. The first-order valence-electron chi connectivity index (χ1n) is 5.06. The van der Waals surface area contributed by atoms with Crippen LogP contribution in [0, 0.1) is 5.92 Å². The third-order valence-electron chi connectivity index (χ3n) is 2.50. The van der Waals surface area contributed by atoms with Crippen molar-refractivity contribution in [1.82, 2.24) is 0 Å². The molecule has 0 amide bonds. The molecule has 0 fully saturated rings. The summed E-state index contributed by atoms with van der Waals surface area (Å²) in [6.07, 6.45) is 0.273. The van der Waals surface area contributed by atoms with Gasteiger partial charge in [0, 0.05) is 11.3 Å². The molecule has 1 aromatic rings. The minimum Gasteiger partial charge on any atom is -0.398 e. The first kappa shape index (κ1) is 11.1. The fraction of sp³-hybridized carbons (Fsp3) is 0.500. The van der Waals surface area contributed by atoms with Crippen LogP contribution in [0.2, 0.25) is 0 Å². The van der Waals surface area contributed by atoms with E-state index in [4.69, 9.17) is 10.5 Å². The van der Waals surface area contributed by atoms with Crippen LogP contribution in [0.5, 0.6) is 0 Å². The van der Waals surface area contributed by atoms with Crippen molar-refractivity contribution in [2.45, 2.75) is 33.5 Å². The third-order valence-corrected chi connectivity index (χ3v) is 2.50. The molecule has 0 spiro atoms. The Balaban J connectivity index is 2.50. The Hall–Kier alpha value is -1.02.